The van der Waals surface area contributed by atoms with Crippen LogP contribution < -0.4 is 5.32 Å². The molecule has 0 bridgehead atoms. The van der Waals surface area contributed by atoms with Crippen LogP contribution in [0.15, 0.2) is 0 Å². The zero-order valence-corrected chi connectivity index (χ0v) is 10.4. The molecule has 0 rings (SSSR count). The summed E-state index contributed by atoms with van der Waals surface area (Å²) in [5, 5.41) is 2.87. The van der Waals surface area contributed by atoms with E-state index in [1.165, 1.54) is 0 Å². The fourth-order valence-corrected chi connectivity index (χ4v) is 1.05. The summed E-state index contributed by atoms with van der Waals surface area (Å²) in [6.45, 7) is 9.06. The maximum Gasteiger partial charge on any atom is 0.220 e. The highest BCUT2D eigenvalue weighted by atomic mass is 16.1. The van der Waals surface area contributed by atoms with Crippen LogP contribution in [0.25, 0.3) is 0 Å². The van der Waals surface area contributed by atoms with Gasteiger partial charge in [-0.2, -0.15) is 0 Å². The minimum absolute atomic E-state index is 0.148. The molecule has 0 aromatic carbocycles. The van der Waals surface area contributed by atoms with E-state index < -0.39 is 0 Å². The highest BCUT2D eigenvalue weighted by molar-refractivity contribution is 5.75. The standard InChI is InChI=1S/C13H23NO/c1-11(2)7-5-6-10-14-13(15)9-8-12(3)4/h11-12H,6,8-10H2,1-4H3,(H,14,15). The number of carbonyl (C=O) groups excluding carboxylic acids is 1. The van der Waals surface area contributed by atoms with E-state index in [1.807, 2.05) is 0 Å². The first-order chi connectivity index (χ1) is 7.02. The van der Waals surface area contributed by atoms with Crippen molar-refractivity contribution >= 4 is 5.91 Å². The summed E-state index contributed by atoms with van der Waals surface area (Å²) >= 11 is 0. The second-order valence-corrected chi connectivity index (χ2v) is 4.51. The van der Waals surface area contributed by atoms with Gasteiger partial charge in [-0.05, 0) is 12.3 Å². The number of hydrogen-bond acceptors (Lipinski definition) is 1. The van der Waals surface area contributed by atoms with Crippen LogP contribution in [0.2, 0.25) is 0 Å². The second-order valence-electron chi connectivity index (χ2n) is 4.51. The lowest BCUT2D eigenvalue weighted by molar-refractivity contribution is -0.121. The highest BCUT2D eigenvalue weighted by Crippen LogP contribution is 2.02. The first-order valence-electron chi connectivity index (χ1n) is 5.77. The van der Waals surface area contributed by atoms with E-state index in [-0.39, 0.29) is 5.91 Å². The van der Waals surface area contributed by atoms with Gasteiger partial charge in [-0.3, -0.25) is 4.79 Å². The zero-order valence-electron chi connectivity index (χ0n) is 10.4. The van der Waals surface area contributed by atoms with Gasteiger partial charge in [0.05, 0.1) is 0 Å². The molecule has 0 aliphatic heterocycles. The molecular weight excluding hydrogens is 186 g/mol. The molecule has 0 atom stereocenters. The summed E-state index contributed by atoms with van der Waals surface area (Å²) in [7, 11) is 0. The van der Waals surface area contributed by atoms with E-state index in [9.17, 15) is 4.79 Å². The lowest BCUT2D eigenvalue weighted by atomic mass is 10.1. The van der Waals surface area contributed by atoms with Crippen molar-refractivity contribution < 1.29 is 4.79 Å². The summed E-state index contributed by atoms with van der Waals surface area (Å²) in [4.78, 5) is 11.3. The van der Waals surface area contributed by atoms with Crippen molar-refractivity contribution in [3.63, 3.8) is 0 Å². The van der Waals surface area contributed by atoms with Crippen molar-refractivity contribution in [2.45, 2.75) is 47.0 Å². The molecule has 1 N–H and O–H groups in total. The molecule has 2 nitrogen and oxygen atoms in total. The Kier molecular flexibility index (Phi) is 7.81. The van der Waals surface area contributed by atoms with Crippen molar-refractivity contribution in [3.8, 4) is 11.8 Å². The molecule has 1 amide bonds. The predicted molar refractivity (Wildman–Crippen MR) is 64.3 cm³/mol. The smallest absolute Gasteiger partial charge is 0.220 e. The lowest BCUT2D eigenvalue weighted by Crippen LogP contribution is -2.24. The van der Waals surface area contributed by atoms with Crippen LogP contribution in [-0.2, 0) is 4.79 Å². The van der Waals surface area contributed by atoms with Crippen LogP contribution in [0, 0.1) is 23.7 Å². The molecule has 0 fully saturated rings. The third-order valence-electron chi connectivity index (χ3n) is 1.91. The van der Waals surface area contributed by atoms with Crippen LogP contribution in [0.5, 0.6) is 0 Å². The molecule has 0 unspecified atom stereocenters. The maximum absolute atomic E-state index is 11.3. The van der Waals surface area contributed by atoms with Gasteiger partial charge in [0.15, 0.2) is 0 Å². The van der Waals surface area contributed by atoms with Crippen LogP contribution in [0.1, 0.15) is 47.0 Å². The predicted octanol–water partition coefficient (Wildman–Crippen LogP) is 2.59. The molecule has 0 aromatic heterocycles. The Morgan fingerprint density at radius 3 is 2.47 bits per heavy atom. The van der Waals surface area contributed by atoms with E-state index in [4.69, 9.17) is 0 Å². The van der Waals surface area contributed by atoms with Gasteiger partial charge < -0.3 is 5.32 Å². The van der Waals surface area contributed by atoms with E-state index in [1.54, 1.807) is 0 Å². The SMILES string of the molecule is CC(C)C#CCCNC(=O)CCC(C)C. The minimum Gasteiger partial charge on any atom is -0.355 e. The van der Waals surface area contributed by atoms with Gasteiger partial charge in [-0.25, -0.2) is 0 Å². The Bertz CT molecular complexity index is 233. The van der Waals surface area contributed by atoms with Crippen molar-refractivity contribution in [1.29, 1.82) is 0 Å². The van der Waals surface area contributed by atoms with Crippen molar-refractivity contribution in [1.82, 2.24) is 5.32 Å². The van der Waals surface area contributed by atoms with Crippen LogP contribution in [0.4, 0.5) is 0 Å². The molecular formula is C13H23NO. The average molecular weight is 209 g/mol. The van der Waals surface area contributed by atoms with Gasteiger partial charge in [-0.15, -0.1) is 11.8 Å². The summed E-state index contributed by atoms with van der Waals surface area (Å²) in [6, 6.07) is 0. The van der Waals surface area contributed by atoms with E-state index in [0.29, 0.717) is 24.8 Å². The summed E-state index contributed by atoms with van der Waals surface area (Å²) < 4.78 is 0. The summed E-state index contributed by atoms with van der Waals surface area (Å²) in [5.41, 5.74) is 0. The first kappa shape index (κ1) is 14.0. The number of rotatable bonds is 5. The Labute approximate surface area is 93.8 Å². The quantitative estimate of drug-likeness (QED) is 0.547. The van der Waals surface area contributed by atoms with Gasteiger partial charge in [0, 0.05) is 25.3 Å². The third kappa shape index (κ3) is 11.0. The number of amides is 1. The summed E-state index contributed by atoms with van der Waals surface area (Å²) in [5.74, 6) is 7.27. The molecule has 2 heteroatoms. The Balaban J connectivity index is 3.44. The Morgan fingerprint density at radius 2 is 1.93 bits per heavy atom. The number of hydrogen-bond donors (Lipinski definition) is 1. The van der Waals surface area contributed by atoms with Gasteiger partial charge >= 0.3 is 0 Å². The van der Waals surface area contributed by atoms with Crippen LogP contribution >= 0.6 is 0 Å². The number of carbonyl (C=O) groups is 1. The molecule has 15 heavy (non-hydrogen) atoms. The van der Waals surface area contributed by atoms with Crippen molar-refractivity contribution in [3.05, 3.63) is 0 Å². The molecule has 0 radical (unpaired) electrons. The molecule has 0 saturated heterocycles. The second kappa shape index (κ2) is 8.35. The zero-order chi connectivity index (χ0) is 11.7. The molecule has 86 valence electrons. The lowest BCUT2D eigenvalue weighted by Gasteiger charge is -2.04. The number of nitrogens with one attached hydrogen (secondary N) is 1. The van der Waals surface area contributed by atoms with Gasteiger partial charge in [-0.1, -0.05) is 27.7 Å². The third-order valence-corrected chi connectivity index (χ3v) is 1.91. The van der Waals surface area contributed by atoms with E-state index in [2.05, 4.69) is 44.9 Å². The monoisotopic (exact) mass is 209 g/mol. The fraction of sp³-hybridized carbons (Fsp3) is 0.769. The highest BCUT2D eigenvalue weighted by Gasteiger charge is 2.01. The van der Waals surface area contributed by atoms with Crippen molar-refractivity contribution in [2.24, 2.45) is 11.8 Å². The largest absolute Gasteiger partial charge is 0.355 e. The van der Waals surface area contributed by atoms with Gasteiger partial charge in [0.1, 0.15) is 0 Å². The van der Waals surface area contributed by atoms with Gasteiger partial charge in [0.2, 0.25) is 5.91 Å². The van der Waals surface area contributed by atoms with Crippen LogP contribution in [0.3, 0.4) is 0 Å². The topological polar surface area (TPSA) is 29.1 Å². The fourth-order valence-electron chi connectivity index (χ4n) is 1.05. The Morgan fingerprint density at radius 1 is 1.27 bits per heavy atom. The molecule has 0 aliphatic carbocycles. The van der Waals surface area contributed by atoms with Crippen LogP contribution in [-0.4, -0.2) is 12.5 Å². The minimum atomic E-state index is 0.148. The maximum atomic E-state index is 11.3. The molecule has 0 heterocycles. The Hall–Kier alpha value is -0.970. The van der Waals surface area contributed by atoms with Gasteiger partial charge in [0.25, 0.3) is 0 Å². The molecule has 0 spiro atoms. The summed E-state index contributed by atoms with van der Waals surface area (Å²) in [6.07, 6.45) is 2.35. The normalized spacial score (nSPS) is 10.0. The van der Waals surface area contributed by atoms with E-state index in [0.717, 1.165) is 12.8 Å². The average Bonchev–Trinajstić information content (AvgIpc) is 2.13. The molecule has 0 aliphatic rings. The molecule has 0 aromatic rings. The van der Waals surface area contributed by atoms with E-state index >= 15 is 0 Å². The first-order valence-corrected chi connectivity index (χ1v) is 5.77. The van der Waals surface area contributed by atoms with Crippen molar-refractivity contribution in [2.75, 3.05) is 6.54 Å². The molecule has 0 saturated carbocycles.